The Morgan fingerprint density at radius 1 is 0.151 bits per heavy atom. The predicted molar refractivity (Wildman–Crippen MR) is 489 cm³/mol. The van der Waals surface area contributed by atoms with Crippen LogP contribution < -0.4 is 0 Å². The van der Waals surface area contributed by atoms with Gasteiger partial charge in [-0.3, -0.25) is 0 Å². The topological polar surface area (TPSA) is 77.3 Å². The zero-order valence-electron chi connectivity index (χ0n) is 67.2. The lowest BCUT2D eigenvalue weighted by atomic mass is 9.81. The second-order valence-corrected chi connectivity index (χ2v) is 33.9. The summed E-state index contributed by atoms with van der Waals surface area (Å²) in [7, 11) is 0. The number of rotatable bonds is 11. The standard InChI is InChI=1S/C64H47N3.C49H35N3/c1-63(2)56-22-10-8-16-50(56)52-34-32-44(36-58(52)63)39-24-28-42(29-25-39)60-65-61(67-62(66-60)45-33-35-53-51-17-9-11-23-57(51)64(3,4)59(53)37-45)43-30-26-41(27-31-43)47-19-13-21-49-48-20-12-18-46(54(48)38-55(47)49)40-14-6-5-7-15-40;1-49(2)44-22-10-9-17-39(44)40-28-27-35(29-45(40)49)47-50-46(34-15-7-4-8-16-34)51-48(52-47)41-21-12-20-38-37-19-11-18-36(42(37)30-43(38)41)33-25-23-32(24-26-33)31-13-5-3-6-14-31/h5-37H,38H2,1-4H3;3-29H,30H2,1-2H3. The van der Waals surface area contributed by atoms with Gasteiger partial charge in [0.05, 0.1) is 0 Å². The summed E-state index contributed by atoms with van der Waals surface area (Å²) in [6, 6.07) is 132. The third kappa shape index (κ3) is 11.9. The van der Waals surface area contributed by atoms with Gasteiger partial charge in [-0.2, -0.15) is 0 Å². The number of hydrogen-bond donors (Lipinski definition) is 0. The molecule has 0 radical (unpaired) electrons. The molecule has 23 rings (SSSR count). The van der Waals surface area contributed by atoms with Gasteiger partial charge in [0.2, 0.25) is 0 Å². The fraction of sp³-hybridized carbons (Fsp3) is 0.0973. The summed E-state index contributed by atoms with van der Waals surface area (Å²) in [4.78, 5) is 31.3. The third-order valence-corrected chi connectivity index (χ3v) is 26.1. The Balaban J connectivity index is 0.000000148. The zero-order chi connectivity index (χ0) is 79.8. The van der Waals surface area contributed by atoms with Gasteiger partial charge in [-0.1, -0.05) is 387 Å². The quantitative estimate of drug-likeness (QED) is 0.128. The lowest BCUT2D eigenvalue weighted by Crippen LogP contribution is -2.15. The van der Waals surface area contributed by atoms with Gasteiger partial charge in [-0.15, -0.1) is 0 Å². The van der Waals surface area contributed by atoms with Gasteiger partial charge in [0, 0.05) is 56.0 Å². The van der Waals surface area contributed by atoms with Crippen LogP contribution in [0.4, 0.5) is 0 Å². The van der Waals surface area contributed by atoms with Gasteiger partial charge >= 0.3 is 0 Å². The molecule has 0 fully saturated rings. The number of benzene rings is 16. The van der Waals surface area contributed by atoms with Crippen LogP contribution >= 0.6 is 0 Å². The molecule has 0 bridgehead atoms. The Kier molecular flexibility index (Phi) is 16.7. The fourth-order valence-electron chi connectivity index (χ4n) is 19.9. The molecular formula is C113H82N6. The Labute approximate surface area is 695 Å². The van der Waals surface area contributed by atoms with Crippen LogP contribution in [0.5, 0.6) is 0 Å². The van der Waals surface area contributed by atoms with Crippen molar-refractivity contribution in [1.82, 2.24) is 29.9 Å². The molecule has 16 aromatic carbocycles. The van der Waals surface area contributed by atoms with E-state index in [-0.39, 0.29) is 16.2 Å². The summed E-state index contributed by atoms with van der Waals surface area (Å²) in [6.45, 7) is 13.9. The van der Waals surface area contributed by atoms with Gasteiger partial charge < -0.3 is 0 Å². The second-order valence-electron chi connectivity index (χ2n) is 33.9. The number of hydrogen-bond acceptors (Lipinski definition) is 6. The first-order chi connectivity index (χ1) is 58.2. The maximum Gasteiger partial charge on any atom is 0.164 e. The predicted octanol–water partition coefficient (Wildman–Crippen LogP) is 28.1. The van der Waals surface area contributed by atoms with E-state index >= 15 is 0 Å². The van der Waals surface area contributed by atoms with Crippen LogP contribution in [0.2, 0.25) is 0 Å². The maximum absolute atomic E-state index is 5.26. The van der Waals surface area contributed by atoms with Gasteiger partial charge in [-0.05, 0) is 192 Å². The second kappa shape index (κ2) is 27.9. The summed E-state index contributed by atoms with van der Waals surface area (Å²) in [5.41, 5.74) is 44.3. The van der Waals surface area contributed by atoms with Crippen LogP contribution in [0.1, 0.15) is 97.2 Å². The first-order valence-electron chi connectivity index (χ1n) is 41.5. The van der Waals surface area contributed by atoms with Crippen LogP contribution in [0.3, 0.4) is 0 Å². The molecule has 6 heteroatoms. The van der Waals surface area contributed by atoms with E-state index in [0.29, 0.717) is 34.9 Å². The Hall–Kier alpha value is -14.5. The molecule has 0 spiro atoms. The van der Waals surface area contributed by atoms with Gasteiger partial charge in [0.15, 0.2) is 34.9 Å². The molecule has 0 atom stereocenters. The van der Waals surface area contributed by atoms with E-state index in [1.165, 1.54) is 161 Å². The summed E-state index contributed by atoms with van der Waals surface area (Å²) in [6.07, 6.45) is 1.71. The van der Waals surface area contributed by atoms with E-state index in [2.05, 4.69) is 387 Å². The van der Waals surface area contributed by atoms with Crippen molar-refractivity contribution in [2.45, 2.75) is 70.6 Å². The number of aromatic nitrogens is 6. The van der Waals surface area contributed by atoms with E-state index in [1.54, 1.807) is 0 Å². The van der Waals surface area contributed by atoms with Crippen molar-refractivity contribution in [1.29, 1.82) is 0 Å². The van der Waals surface area contributed by atoms with E-state index in [4.69, 9.17) is 29.9 Å². The highest BCUT2D eigenvalue weighted by molar-refractivity contribution is 5.93. The normalized spacial score (nSPS) is 13.8. The summed E-state index contributed by atoms with van der Waals surface area (Å²) < 4.78 is 0. The zero-order valence-corrected chi connectivity index (χ0v) is 67.2. The number of nitrogens with zero attached hydrogens (tertiary/aromatic N) is 6. The van der Waals surface area contributed by atoms with Crippen LogP contribution in [-0.4, -0.2) is 29.9 Å². The molecule has 2 aromatic heterocycles. The number of fused-ring (bicyclic) bond motifs is 15. The first kappa shape index (κ1) is 71.1. The molecule has 5 aliphatic carbocycles. The monoisotopic (exact) mass is 1520 g/mol. The molecule has 6 nitrogen and oxygen atoms in total. The van der Waals surface area contributed by atoms with Crippen LogP contribution in [-0.2, 0) is 29.1 Å². The summed E-state index contributed by atoms with van der Waals surface area (Å²) in [5.74, 6) is 4.03. The van der Waals surface area contributed by atoms with Gasteiger partial charge in [0.25, 0.3) is 0 Å². The molecule has 0 N–H and O–H groups in total. The molecule has 119 heavy (non-hydrogen) atoms. The van der Waals surface area contributed by atoms with Gasteiger partial charge in [0.1, 0.15) is 0 Å². The molecular weight excluding hydrogens is 1440 g/mol. The van der Waals surface area contributed by atoms with Crippen molar-refractivity contribution in [3.05, 3.63) is 420 Å². The molecule has 0 saturated carbocycles. The van der Waals surface area contributed by atoms with Crippen molar-refractivity contribution in [3.63, 3.8) is 0 Å². The van der Waals surface area contributed by atoms with Crippen molar-refractivity contribution in [3.8, 4) is 180 Å². The van der Waals surface area contributed by atoms with Gasteiger partial charge in [-0.25, -0.2) is 29.9 Å². The minimum atomic E-state index is -0.149. The fourth-order valence-corrected chi connectivity index (χ4v) is 19.9. The lowest BCUT2D eigenvalue weighted by Gasteiger charge is -2.22. The summed E-state index contributed by atoms with van der Waals surface area (Å²) in [5, 5.41) is 0. The summed E-state index contributed by atoms with van der Waals surface area (Å²) >= 11 is 0. The minimum absolute atomic E-state index is 0.0626. The van der Waals surface area contributed by atoms with Crippen LogP contribution in [0, 0.1) is 0 Å². The maximum atomic E-state index is 5.26. The SMILES string of the molecule is CC1(C)c2ccccc2-c2ccc(-c3ccc(-c4nc(-c5ccc(-c6cccc7c6Cc6c(-c8ccccc8)cccc6-7)cc5)nc(-c5ccc6c(c5)C(C)(C)c5ccccc5-6)n4)cc3)cc21.CC1(C)c2ccccc2-c2ccc(-c3nc(-c4ccccc4)nc(-c4cccc5c4Cc4c(-c6ccc(-c7ccccc7)cc6)cccc4-5)n3)cc21. The molecule has 5 aliphatic rings. The highest BCUT2D eigenvalue weighted by atomic mass is 15.0. The first-order valence-corrected chi connectivity index (χ1v) is 41.5. The van der Waals surface area contributed by atoms with Crippen LogP contribution in [0.25, 0.3) is 180 Å². The van der Waals surface area contributed by atoms with E-state index < -0.39 is 0 Å². The van der Waals surface area contributed by atoms with Crippen LogP contribution in [0.15, 0.2) is 364 Å². The smallest absolute Gasteiger partial charge is 0.164 e. The molecule has 2 heterocycles. The van der Waals surface area contributed by atoms with E-state index in [0.717, 1.165) is 51.8 Å². The Bertz CT molecular complexity index is 7140. The van der Waals surface area contributed by atoms with E-state index in [9.17, 15) is 0 Å². The average Bonchev–Trinajstić information content (AvgIpc) is 1.59. The lowest BCUT2D eigenvalue weighted by molar-refractivity contribution is 0.660. The van der Waals surface area contributed by atoms with Crippen molar-refractivity contribution in [2.24, 2.45) is 0 Å². The molecule has 0 amide bonds. The highest BCUT2D eigenvalue weighted by Gasteiger charge is 2.39. The Morgan fingerprint density at radius 2 is 0.370 bits per heavy atom. The van der Waals surface area contributed by atoms with Crippen molar-refractivity contribution < 1.29 is 0 Å². The van der Waals surface area contributed by atoms with Crippen molar-refractivity contribution >= 4 is 0 Å². The largest absolute Gasteiger partial charge is 0.208 e. The molecule has 0 unspecified atom stereocenters. The average molecular weight is 1520 g/mol. The molecule has 0 aliphatic heterocycles. The van der Waals surface area contributed by atoms with Crippen molar-refractivity contribution in [2.75, 3.05) is 0 Å². The van der Waals surface area contributed by atoms with E-state index in [1.807, 2.05) is 18.2 Å². The Morgan fingerprint density at radius 3 is 0.756 bits per heavy atom. The minimum Gasteiger partial charge on any atom is -0.208 e. The molecule has 18 aromatic rings. The molecule has 564 valence electrons. The molecule has 0 saturated heterocycles. The highest BCUT2D eigenvalue weighted by Crippen LogP contribution is 2.54. The third-order valence-electron chi connectivity index (χ3n) is 26.1.